The van der Waals surface area contributed by atoms with Crippen LogP contribution in [0.4, 0.5) is 15.1 Å². The number of thioether (sulfide) groups is 1. The predicted molar refractivity (Wildman–Crippen MR) is 136 cm³/mol. The van der Waals surface area contributed by atoms with E-state index in [1.54, 1.807) is 24.4 Å². The van der Waals surface area contributed by atoms with Gasteiger partial charge in [-0.3, -0.25) is 14.9 Å². The van der Waals surface area contributed by atoms with Crippen LogP contribution in [0.1, 0.15) is 36.9 Å². The summed E-state index contributed by atoms with van der Waals surface area (Å²) in [7, 11) is 0. The lowest BCUT2D eigenvalue weighted by Gasteiger charge is -2.29. The summed E-state index contributed by atoms with van der Waals surface area (Å²) in [6.07, 6.45) is 7.56. The molecule has 2 aliphatic rings. The van der Waals surface area contributed by atoms with Gasteiger partial charge in [-0.15, -0.1) is 0 Å². The van der Waals surface area contributed by atoms with Gasteiger partial charge in [-0.2, -0.15) is 0 Å². The molecule has 0 spiro atoms. The van der Waals surface area contributed by atoms with Gasteiger partial charge < -0.3 is 10.6 Å². The van der Waals surface area contributed by atoms with E-state index in [4.69, 9.17) is 0 Å². The Balaban J connectivity index is 1.08. The van der Waals surface area contributed by atoms with Gasteiger partial charge in [0.1, 0.15) is 5.82 Å². The quantitative estimate of drug-likeness (QED) is 0.407. The summed E-state index contributed by atoms with van der Waals surface area (Å²) in [5, 5.41) is 10.8. The number of hydrogen-bond acceptors (Lipinski definition) is 7. The Kier molecular flexibility index (Phi) is 7.06. The van der Waals surface area contributed by atoms with Gasteiger partial charge in [-0.05, 0) is 96.6 Å². The highest BCUT2D eigenvalue weighted by atomic mass is 32.2. The van der Waals surface area contributed by atoms with Gasteiger partial charge in [-0.25, -0.2) is 14.4 Å². The van der Waals surface area contributed by atoms with Crippen LogP contribution in [0.25, 0.3) is 16.8 Å². The van der Waals surface area contributed by atoms with Crippen LogP contribution in [0.15, 0.2) is 53.6 Å². The van der Waals surface area contributed by atoms with Gasteiger partial charge in [0.25, 0.3) is 11.1 Å². The molecule has 0 atom stereocenters. The SMILES string of the molecule is O=C1NC(=O)/C(=C/c2ccnc(NC3CCC(CNCc4ccc5cc(F)ccc5c4)CC3)n2)S1. The summed E-state index contributed by atoms with van der Waals surface area (Å²) in [6, 6.07) is 13.0. The molecule has 3 aromatic rings. The molecule has 1 aromatic heterocycles. The van der Waals surface area contributed by atoms with E-state index in [9.17, 15) is 14.0 Å². The number of nitrogens with zero attached hydrogens (tertiary/aromatic N) is 2. The average molecular weight is 492 g/mol. The normalized spacial score (nSPS) is 21.5. The molecule has 5 rings (SSSR count). The van der Waals surface area contributed by atoms with Crippen molar-refractivity contribution in [1.82, 2.24) is 20.6 Å². The number of carbonyl (C=O) groups excluding carboxylic acids is 2. The zero-order valence-corrected chi connectivity index (χ0v) is 19.9. The number of nitrogens with one attached hydrogen (secondary N) is 3. The van der Waals surface area contributed by atoms with Crippen molar-refractivity contribution in [3.63, 3.8) is 0 Å². The summed E-state index contributed by atoms with van der Waals surface area (Å²) in [5.74, 6) is 0.554. The lowest BCUT2D eigenvalue weighted by Crippen LogP contribution is -2.31. The van der Waals surface area contributed by atoms with Gasteiger partial charge >= 0.3 is 0 Å². The van der Waals surface area contributed by atoms with Crippen LogP contribution in [0, 0.1) is 11.7 Å². The van der Waals surface area contributed by atoms with Gasteiger partial charge in [0.05, 0.1) is 10.6 Å². The lowest BCUT2D eigenvalue weighted by molar-refractivity contribution is -0.115. The summed E-state index contributed by atoms with van der Waals surface area (Å²) in [6.45, 7) is 1.76. The molecule has 3 N–H and O–H groups in total. The zero-order chi connectivity index (χ0) is 24.2. The second kappa shape index (κ2) is 10.5. The van der Waals surface area contributed by atoms with Gasteiger partial charge in [0.2, 0.25) is 5.95 Å². The van der Waals surface area contributed by atoms with Crippen LogP contribution in [-0.2, 0) is 11.3 Å². The summed E-state index contributed by atoms with van der Waals surface area (Å²) in [5.41, 5.74) is 1.79. The number of hydrogen-bond donors (Lipinski definition) is 3. The number of fused-ring (bicyclic) bond motifs is 1. The minimum Gasteiger partial charge on any atom is -0.351 e. The molecule has 180 valence electrons. The molecule has 1 aliphatic heterocycles. The molecule has 35 heavy (non-hydrogen) atoms. The number of imide groups is 1. The molecule has 1 saturated carbocycles. The van der Waals surface area contributed by atoms with Crippen molar-refractivity contribution in [1.29, 1.82) is 0 Å². The molecule has 2 fully saturated rings. The molecular formula is C26H26FN5O2S. The molecule has 0 radical (unpaired) electrons. The van der Waals surface area contributed by atoms with Crippen LogP contribution in [0.3, 0.4) is 0 Å². The minimum atomic E-state index is -0.393. The van der Waals surface area contributed by atoms with Crippen LogP contribution >= 0.6 is 11.8 Å². The number of carbonyl (C=O) groups is 2. The highest BCUT2D eigenvalue weighted by Gasteiger charge is 2.25. The van der Waals surface area contributed by atoms with E-state index in [1.165, 1.54) is 11.6 Å². The monoisotopic (exact) mass is 491 g/mol. The number of aromatic nitrogens is 2. The molecule has 2 amide bonds. The maximum absolute atomic E-state index is 13.4. The van der Waals surface area contributed by atoms with Gasteiger partial charge in [0.15, 0.2) is 0 Å². The molecule has 2 heterocycles. The van der Waals surface area contributed by atoms with Crippen molar-refractivity contribution in [2.24, 2.45) is 5.92 Å². The van der Waals surface area contributed by atoms with Crippen molar-refractivity contribution >= 4 is 45.7 Å². The van der Waals surface area contributed by atoms with E-state index in [0.29, 0.717) is 28.5 Å². The number of benzene rings is 2. The first kappa shape index (κ1) is 23.4. The second-order valence-electron chi connectivity index (χ2n) is 8.98. The van der Waals surface area contributed by atoms with Gasteiger partial charge in [-0.1, -0.05) is 18.2 Å². The Morgan fingerprint density at radius 2 is 1.86 bits per heavy atom. The van der Waals surface area contributed by atoms with E-state index < -0.39 is 5.91 Å². The first-order chi connectivity index (χ1) is 17.0. The fourth-order valence-electron chi connectivity index (χ4n) is 4.57. The maximum atomic E-state index is 13.4. The molecule has 2 aromatic carbocycles. The van der Waals surface area contributed by atoms with Crippen molar-refractivity contribution in [3.8, 4) is 0 Å². The highest BCUT2D eigenvalue weighted by molar-refractivity contribution is 8.18. The standard InChI is InChI=1S/C26H26FN5O2S/c27-20-6-5-18-11-17(1-4-19(18)12-20)15-28-14-16-2-7-21(8-3-16)30-25-29-10-9-22(31-25)13-23-24(33)32-26(34)35-23/h1,4-6,9-13,16,21,28H,2-3,7-8,14-15H2,(H,29,30,31)(H,32,33,34)/b23-13-. The zero-order valence-electron chi connectivity index (χ0n) is 19.1. The number of amides is 2. The molecule has 7 nitrogen and oxygen atoms in total. The van der Waals surface area contributed by atoms with E-state index in [-0.39, 0.29) is 11.1 Å². The maximum Gasteiger partial charge on any atom is 0.290 e. The van der Waals surface area contributed by atoms with Crippen molar-refractivity contribution in [2.45, 2.75) is 38.3 Å². The number of halogens is 1. The third kappa shape index (κ3) is 6.04. The molecule has 9 heteroatoms. The number of rotatable bonds is 7. The van der Waals surface area contributed by atoms with Crippen LogP contribution in [-0.4, -0.2) is 33.7 Å². The topological polar surface area (TPSA) is 96.0 Å². The Hall–Kier alpha value is -3.30. The Morgan fingerprint density at radius 1 is 1.06 bits per heavy atom. The summed E-state index contributed by atoms with van der Waals surface area (Å²) in [4.78, 5) is 32.2. The third-order valence-corrected chi connectivity index (χ3v) is 7.22. The largest absolute Gasteiger partial charge is 0.351 e. The molecule has 0 bridgehead atoms. The lowest BCUT2D eigenvalue weighted by atomic mass is 9.86. The fraction of sp³-hybridized carbons (Fsp3) is 0.308. The molecule has 0 unspecified atom stereocenters. The Morgan fingerprint density at radius 3 is 2.66 bits per heavy atom. The molecule has 1 saturated heterocycles. The Labute approximate surface area is 207 Å². The van der Waals surface area contributed by atoms with Crippen LogP contribution in [0.2, 0.25) is 0 Å². The fourth-order valence-corrected chi connectivity index (χ4v) is 5.23. The van der Waals surface area contributed by atoms with Crippen LogP contribution in [0.5, 0.6) is 0 Å². The first-order valence-corrected chi connectivity index (χ1v) is 12.6. The highest BCUT2D eigenvalue weighted by Crippen LogP contribution is 2.27. The third-order valence-electron chi connectivity index (χ3n) is 6.41. The second-order valence-corrected chi connectivity index (χ2v) is 9.99. The number of anilines is 1. The van der Waals surface area contributed by atoms with Crippen molar-refractivity contribution in [2.75, 3.05) is 11.9 Å². The van der Waals surface area contributed by atoms with Gasteiger partial charge in [0, 0.05) is 18.8 Å². The van der Waals surface area contributed by atoms with Crippen molar-refractivity contribution in [3.05, 3.63) is 70.6 Å². The molecular weight excluding hydrogens is 465 g/mol. The predicted octanol–water partition coefficient (Wildman–Crippen LogP) is 4.85. The summed E-state index contributed by atoms with van der Waals surface area (Å²) < 4.78 is 13.4. The van der Waals surface area contributed by atoms with E-state index in [1.807, 2.05) is 12.1 Å². The van der Waals surface area contributed by atoms with E-state index in [2.05, 4.69) is 38.1 Å². The van der Waals surface area contributed by atoms with E-state index >= 15 is 0 Å². The Bertz CT molecular complexity index is 1290. The average Bonchev–Trinajstić information content (AvgIpc) is 3.16. The summed E-state index contributed by atoms with van der Waals surface area (Å²) >= 11 is 0.877. The smallest absolute Gasteiger partial charge is 0.290 e. The van der Waals surface area contributed by atoms with Crippen molar-refractivity contribution < 1.29 is 14.0 Å². The van der Waals surface area contributed by atoms with Crippen LogP contribution < -0.4 is 16.0 Å². The minimum absolute atomic E-state index is 0.208. The first-order valence-electron chi connectivity index (χ1n) is 11.8. The molecule has 1 aliphatic carbocycles. The van der Waals surface area contributed by atoms with E-state index in [0.717, 1.165) is 61.3 Å².